The van der Waals surface area contributed by atoms with Gasteiger partial charge in [-0.3, -0.25) is 0 Å². The van der Waals surface area contributed by atoms with Gasteiger partial charge in [0, 0.05) is 24.5 Å². The Kier molecular flexibility index (Phi) is 7.57. The first-order valence-corrected chi connectivity index (χ1v) is 14.3. The monoisotopic (exact) mass is 454 g/mol. The van der Waals surface area contributed by atoms with Gasteiger partial charge in [0.15, 0.2) is 0 Å². The van der Waals surface area contributed by atoms with E-state index < -0.39 is 8.07 Å². The van der Waals surface area contributed by atoms with Gasteiger partial charge in [0.25, 0.3) is 0 Å². The Morgan fingerprint density at radius 3 is 2.56 bits per heavy atom. The summed E-state index contributed by atoms with van der Waals surface area (Å²) < 4.78 is 17.3. The molecule has 1 aliphatic rings. The molecule has 1 heterocycles. The van der Waals surface area contributed by atoms with Crippen LogP contribution in [-0.2, 0) is 17.8 Å². The van der Waals surface area contributed by atoms with Crippen LogP contribution in [0.1, 0.15) is 40.4 Å². The molecule has 0 aromatic heterocycles. The van der Waals surface area contributed by atoms with E-state index in [4.69, 9.17) is 14.2 Å². The van der Waals surface area contributed by atoms with Crippen LogP contribution in [0, 0.1) is 6.92 Å². The minimum atomic E-state index is -1.24. The third kappa shape index (κ3) is 5.16. The molecule has 27 heavy (non-hydrogen) atoms. The lowest BCUT2D eigenvalue weighted by Gasteiger charge is -2.21. The zero-order valence-electron chi connectivity index (χ0n) is 17.3. The van der Waals surface area contributed by atoms with Crippen molar-refractivity contribution in [1.29, 1.82) is 0 Å². The number of cyclic esters (lactones) is 1. The van der Waals surface area contributed by atoms with Crippen molar-refractivity contribution in [3.05, 3.63) is 33.9 Å². The highest BCUT2D eigenvalue weighted by atomic mass is 79.9. The molecular weight excluding hydrogens is 424 g/mol. The van der Waals surface area contributed by atoms with Crippen molar-refractivity contribution >= 4 is 30.0 Å². The average molecular weight is 455 g/mol. The molecule has 0 amide bonds. The normalized spacial score (nSPS) is 14.2. The SMILES string of the molecule is CC/C(=C/Cc1c(OC)c(C)c2c(c1OCC[Si](C)(C)C)C(=O)OC2)CBr. The number of hydrogen-bond donors (Lipinski definition) is 0. The summed E-state index contributed by atoms with van der Waals surface area (Å²) in [7, 11) is 0.435. The summed E-state index contributed by atoms with van der Waals surface area (Å²) in [6.07, 6.45) is 3.84. The molecule has 0 spiro atoms. The van der Waals surface area contributed by atoms with Crippen LogP contribution in [0.2, 0.25) is 25.7 Å². The Labute approximate surface area is 172 Å². The highest BCUT2D eigenvalue weighted by Crippen LogP contribution is 2.43. The van der Waals surface area contributed by atoms with E-state index >= 15 is 0 Å². The summed E-state index contributed by atoms with van der Waals surface area (Å²) in [4.78, 5) is 12.4. The van der Waals surface area contributed by atoms with Crippen molar-refractivity contribution < 1.29 is 19.0 Å². The Morgan fingerprint density at radius 2 is 2.00 bits per heavy atom. The molecule has 0 bridgehead atoms. The van der Waals surface area contributed by atoms with Crippen LogP contribution in [-0.4, -0.2) is 33.1 Å². The predicted octanol–water partition coefficient (Wildman–Crippen LogP) is 5.66. The third-order valence-corrected chi connectivity index (χ3v) is 7.37. The van der Waals surface area contributed by atoms with E-state index in [1.807, 2.05) is 6.92 Å². The van der Waals surface area contributed by atoms with Crippen molar-refractivity contribution in [2.75, 3.05) is 19.0 Å². The fourth-order valence-electron chi connectivity index (χ4n) is 3.17. The molecule has 0 atom stereocenters. The number of allylic oxidation sites excluding steroid dienone is 2. The van der Waals surface area contributed by atoms with Gasteiger partial charge in [0.1, 0.15) is 23.7 Å². The molecule has 6 heteroatoms. The van der Waals surface area contributed by atoms with Gasteiger partial charge in [0.05, 0.1) is 13.7 Å². The Hall–Kier alpha value is -1.27. The number of fused-ring (bicyclic) bond motifs is 1. The molecule has 0 aliphatic carbocycles. The van der Waals surface area contributed by atoms with E-state index in [2.05, 4.69) is 48.6 Å². The molecule has 1 aromatic carbocycles. The zero-order chi connectivity index (χ0) is 20.2. The molecule has 0 saturated carbocycles. The molecule has 0 unspecified atom stereocenters. The molecule has 1 aliphatic heterocycles. The summed E-state index contributed by atoms with van der Waals surface area (Å²) in [6.45, 7) is 12.0. The van der Waals surface area contributed by atoms with Crippen LogP contribution >= 0.6 is 15.9 Å². The minimum Gasteiger partial charge on any atom is -0.496 e. The maximum Gasteiger partial charge on any atom is 0.342 e. The van der Waals surface area contributed by atoms with E-state index in [9.17, 15) is 4.79 Å². The summed E-state index contributed by atoms with van der Waals surface area (Å²) >= 11 is 3.54. The first kappa shape index (κ1) is 22.0. The van der Waals surface area contributed by atoms with Gasteiger partial charge in [-0.2, -0.15) is 0 Å². The minimum absolute atomic E-state index is 0.290. The van der Waals surface area contributed by atoms with Gasteiger partial charge >= 0.3 is 5.97 Å². The first-order chi connectivity index (χ1) is 12.7. The van der Waals surface area contributed by atoms with Gasteiger partial charge in [-0.1, -0.05) is 54.1 Å². The fourth-order valence-corrected chi connectivity index (χ4v) is 4.51. The number of rotatable bonds is 9. The topological polar surface area (TPSA) is 44.8 Å². The Morgan fingerprint density at radius 1 is 1.30 bits per heavy atom. The van der Waals surface area contributed by atoms with E-state index in [0.29, 0.717) is 30.9 Å². The molecule has 4 nitrogen and oxygen atoms in total. The van der Waals surface area contributed by atoms with Gasteiger partial charge in [-0.05, 0) is 31.4 Å². The predicted molar refractivity (Wildman–Crippen MR) is 116 cm³/mol. The lowest BCUT2D eigenvalue weighted by atomic mass is 9.94. The van der Waals surface area contributed by atoms with E-state index in [0.717, 1.165) is 40.2 Å². The second-order valence-electron chi connectivity index (χ2n) is 8.11. The first-order valence-electron chi connectivity index (χ1n) is 9.49. The van der Waals surface area contributed by atoms with Gasteiger partial charge in [-0.15, -0.1) is 0 Å². The summed E-state index contributed by atoms with van der Waals surface area (Å²) in [6, 6.07) is 1.03. The lowest BCUT2D eigenvalue weighted by molar-refractivity contribution is 0.0532. The molecule has 0 radical (unpaired) electrons. The van der Waals surface area contributed by atoms with E-state index in [-0.39, 0.29) is 5.97 Å². The second-order valence-corrected chi connectivity index (χ2v) is 14.3. The van der Waals surface area contributed by atoms with Crippen LogP contribution in [0.3, 0.4) is 0 Å². The van der Waals surface area contributed by atoms with Crippen LogP contribution in [0.25, 0.3) is 0 Å². The number of benzene rings is 1. The number of hydrogen-bond acceptors (Lipinski definition) is 4. The lowest BCUT2D eigenvalue weighted by Crippen LogP contribution is -2.23. The molecule has 150 valence electrons. The maximum atomic E-state index is 12.4. The number of esters is 1. The number of carbonyl (C=O) groups is 1. The smallest absolute Gasteiger partial charge is 0.342 e. The highest BCUT2D eigenvalue weighted by molar-refractivity contribution is 9.09. The van der Waals surface area contributed by atoms with Gasteiger partial charge in [0.2, 0.25) is 0 Å². The van der Waals surface area contributed by atoms with Crippen molar-refractivity contribution in [3.63, 3.8) is 0 Å². The number of alkyl halides is 1. The van der Waals surface area contributed by atoms with Crippen molar-refractivity contribution in [3.8, 4) is 11.5 Å². The summed E-state index contributed by atoms with van der Waals surface area (Å²) in [5.41, 5.74) is 4.70. The molecule has 0 N–H and O–H groups in total. The molecular formula is C21H31BrO4Si. The summed E-state index contributed by atoms with van der Waals surface area (Å²) in [5, 5.41) is 0.837. The average Bonchev–Trinajstić information content (AvgIpc) is 2.99. The van der Waals surface area contributed by atoms with Gasteiger partial charge in [-0.25, -0.2) is 4.79 Å². The number of ether oxygens (including phenoxy) is 3. The van der Waals surface area contributed by atoms with Crippen LogP contribution < -0.4 is 9.47 Å². The molecule has 0 fully saturated rings. The summed E-state index contributed by atoms with van der Waals surface area (Å²) in [5.74, 6) is 1.16. The third-order valence-electron chi connectivity index (χ3n) is 4.95. The highest BCUT2D eigenvalue weighted by Gasteiger charge is 2.33. The Bertz CT molecular complexity index is 729. The number of methoxy groups -OCH3 is 1. The van der Waals surface area contributed by atoms with Crippen molar-refractivity contribution in [2.45, 2.75) is 59.0 Å². The van der Waals surface area contributed by atoms with Crippen LogP contribution in [0.5, 0.6) is 11.5 Å². The van der Waals surface area contributed by atoms with Crippen LogP contribution in [0.15, 0.2) is 11.6 Å². The molecule has 2 rings (SSSR count). The quantitative estimate of drug-likeness (QED) is 0.209. The van der Waals surface area contributed by atoms with Gasteiger partial charge < -0.3 is 14.2 Å². The van der Waals surface area contributed by atoms with E-state index in [1.54, 1.807) is 7.11 Å². The number of carbonyl (C=O) groups excluding carboxylic acids is 1. The second kappa shape index (κ2) is 9.28. The van der Waals surface area contributed by atoms with Crippen molar-refractivity contribution in [1.82, 2.24) is 0 Å². The molecule has 1 aromatic rings. The fraction of sp³-hybridized carbons (Fsp3) is 0.571. The van der Waals surface area contributed by atoms with Crippen LogP contribution in [0.4, 0.5) is 0 Å². The largest absolute Gasteiger partial charge is 0.496 e. The zero-order valence-corrected chi connectivity index (χ0v) is 19.9. The Balaban J connectivity index is 2.53. The van der Waals surface area contributed by atoms with Crippen molar-refractivity contribution in [2.24, 2.45) is 0 Å². The standard InChI is InChI=1S/C21H31BrO4Si/c1-7-15(12-22)8-9-16-19(24-3)14(2)17-13-26-21(23)18(17)20(16)25-10-11-27(4,5)6/h8H,7,9-13H2,1-6H3/b15-8-. The number of halogens is 1. The van der Waals surface area contributed by atoms with E-state index in [1.165, 1.54) is 5.57 Å². The molecule has 0 saturated heterocycles. The maximum absolute atomic E-state index is 12.4.